The third kappa shape index (κ3) is 2.43. The highest BCUT2D eigenvalue weighted by molar-refractivity contribution is 5.83. The van der Waals surface area contributed by atoms with E-state index in [1.165, 1.54) is 44.1 Å². The number of hydrogen-bond donors (Lipinski definition) is 0. The van der Waals surface area contributed by atoms with Gasteiger partial charge in [0.2, 0.25) is 0 Å². The van der Waals surface area contributed by atoms with Crippen LogP contribution in [0, 0.1) is 23.2 Å². The van der Waals surface area contributed by atoms with Gasteiger partial charge in [-0.05, 0) is 92.7 Å². The van der Waals surface area contributed by atoms with Gasteiger partial charge >= 0.3 is 0 Å². The van der Waals surface area contributed by atoms with Crippen LogP contribution in [0.1, 0.15) is 63.4 Å². The van der Waals surface area contributed by atoms with Crippen molar-refractivity contribution >= 4 is 5.78 Å². The summed E-state index contributed by atoms with van der Waals surface area (Å²) in [6.07, 6.45) is 13.3. The Hall–Kier alpha value is -1.18. The van der Waals surface area contributed by atoms with Crippen molar-refractivity contribution in [3.63, 3.8) is 0 Å². The molecule has 4 aliphatic carbocycles. The largest absolute Gasteiger partial charge is 0.299 e. The lowest BCUT2D eigenvalue weighted by molar-refractivity contribution is -0.121. The first-order valence-corrected chi connectivity index (χ1v) is 8.54. The van der Waals surface area contributed by atoms with Crippen molar-refractivity contribution in [2.75, 3.05) is 0 Å². The van der Waals surface area contributed by atoms with E-state index in [2.05, 4.69) is 4.98 Å². The molecule has 5 rings (SSSR count). The van der Waals surface area contributed by atoms with Crippen molar-refractivity contribution in [2.45, 2.75) is 57.8 Å². The molecule has 1 aromatic heterocycles. The Morgan fingerprint density at radius 3 is 2.14 bits per heavy atom. The summed E-state index contributed by atoms with van der Waals surface area (Å²) in [4.78, 5) is 16.4. The van der Waals surface area contributed by atoms with Gasteiger partial charge in [0, 0.05) is 18.3 Å². The number of hydrogen-bond acceptors (Lipinski definition) is 2. The van der Waals surface area contributed by atoms with Crippen LogP contribution >= 0.6 is 0 Å². The minimum atomic E-state index is 0.0873. The van der Waals surface area contributed by atoms with Gasteiger partial charge in [0.25, 0.3) is 0 Å². The van der Waals surface area contributed by atoms with Crippen LogP contribution in [-0.2, 0) is 4.79 Å². The zero-order chi connectivity index (χ0) is 14.4. The molecule has 1 atom stereocenters. The Balaban J connectivity index is 1.60. The number of carbonyl (C=O) groups excluding carboxylic acids is 1. The van der Waals surface area contributed by atoms with E-state index in [1.54, 1.807) is 6.92 Å². The summed E-state index contributed by atoms with van der Waals surface area (Å²) >= 11 is 0. The summed E-state index contributed by atoms with van der Waals surface area (Å²) in [5, 5.41) is 0. The number of Topliss-reactive ketones (excluding diaryl/α,β-unsaturated/α-hetero) is 1. The standard InChI is InChI=1S/C19H25NO/c1-13(21)18(17-2-4-20-5-3-17)12-19-9-14-6-15(10-19)8-16(7-14)11-19/h2-5,14-16,18H,6-12H2,1H3/t14?,15?,16?,18-,19?/m0/s1. The Morgan fingerprint density at radius 2 is 1.67 bits per heavy atom. The average Bonchev–Trinajstić information content (AvgIpc) is 2.44. The van der Waals surface area contributed by atoms with E-state index in [0.29, 0.717) is 11.2 Å². The predicted molar refractivity (Wildman–Crippen MR) is 82.9 cm³/mol. The SMILES string of the molecule is CC(=O)[C@H](CC12CC3CC(CC(C3)C1)C2)c1ccncc1. The topological polar surface area (TPSA) is 30.0 Å². The summed E-state index contributed by atoms with van der Waals surface area (Å²) in [6, 6.07) is 4.07. The van der Waals surface area contributed by atoms with Gasteiger partial charge in [-0.15, -0.1) is 0 Å². The van der Waals surface area contributed by atoms with Gasteiger partial charge < -0.3 is 0 Å². The summed E-state index contributed by atoms with van der Waals surface area (Å²) in [5.41, 5.74) is 1.64. The van der Waals surface area contributed by atoms with Crippen molar-refractivity contribution < 1.29 is 4.79 Å². The van der Waals surface area contributed by atoms with E-state index in [-0.39, 0.29) is 5.92 Å². The number of rotatable bonds is 4. The monoisotopic (exact) mass is 283 g/mol. The predicted octanol–water partition coefficient (Wildman–Crippen LogP) is 4.36. The van der Waals surface area contributed by atoms with Crippen LogP contribution in [0.5, 0.6) is 0 Å². The Kier molecular flexibility index (Phi) is 3.16. The molecule has 4 aliphatic rings. The van der Waals surface area contributed by atoms with Gasteiger partial charge in [0.1, 0.15) is 5.78 Å². The van der Waals surface area contributed by atoms with E-state index >= 15 is 0 Å². The van der Waals surface area contributed by atoms with E-state index in [9.17, 15) is 4.79 Å². The fourth-order valence-electron chi connectivity index (χ4n) is 6.07. The molecule has 2 nitrogen and oxygen atoms in total. The normalized spacial score (nSPS) is 38.4. The van der Waals surface area contributed by atoms with E-state index in [4.69, 9.17) is 0 Å². The number of aromatic nitrogens is 1. The fraction of sp³-hybridized carbons (Fsp3) is 0.684. The molecule has 0 radical (unpaired) electrons. The molecule has 0 amide bonds. The second kappa shape index (κ2) is 4.93. The maximum absolute atomic E-state index is 12.2. The molecule has 4 fully saturated rings. The van der Waals surface area contributed by atoms with Crippen LogP contribution in [0.2, 0.25) is 0 Å². The maximum Gasteiger partial charge on any atom is 0.137 e. The maximum atomic E-state index is 12.2. The highest BCUT2D eigenvalue weighted by Crippen LogP contribution is 2.62. The minimum absolute atomic E-state index is 0.0873. The molecule has 4 saturated carbocycles. The van der Waals surface area contributed by atoms with Crippen molar-refractivity contribution in [1.82, 2.24) is 4.98 Å². The number of carbonyl (C=O) groups is 1. The lowest BCUT2D eigenvalue weighted by atomic mass is 9.48. The summed E-state index contributed by atoms with van der Waals surface area (Å²) in [5.74, 6) is 3.30. The molecule has 0 unspecified atom stereocenters. The van der Waals surface area contributed by atoms with Gasteiger partial charge in [-0.25, -0.2) is 0 Å². The van der Waals surface area contributed by atoms with Gasteiger partial charge in [-0.2, -0.15) is 0 Å². The third-order valence-electron chi connectivity index (χ3n) is 6.40. The second-order valence-electron chi connectivity index (χ2n) is 8.07. The lowest BCUT2D eigenvalue weighted by Crippen LogP contribution is -2.46. The summed E-state index contributed by atoms with van der Waals surface area (Å²) in [6.45, 7) is 1.77. The van der Waals surface area contributed by atoms with E-state index in [0.717, 1.165) is 24.2 Å². The van der Waals surface area contributed by atoms with Gasteiger partial charge in [0.05, 0.1) is 0 Å². The van der Waals surface area contributed by atoms with Crippen LogP contribution in [0.25, 0.3) is 0 Å². The Labute approximate surface area is 127 Å². The second-order valence-corrected chi connectivity index (χ2v) is 8.07. The zero-order valence-electron chi connectivity index (χ0n) is 12.9. The molecule has 2 heteroatoms. The van der Waals surface area contributed by atoms with Crippen LogP contribution in [0.15, 0.2) is 24.5 Å². The fourth-order valence-corrected chi connectivity index (χ4v) is 6.07. The molecular weight excluding hydrogens is 258 g/mol. The quantitative estimate of drug-likeness (QED) is 0.821. The Morgan fingerprint density at radius 1 is 1.14 bits per heavy atom. The van der Waals surface area contributed by atoms with Gasteiger partial charge in [-0.3, -0.25) is 9.78 Å². The van der Waals surface area contributed by atoms with Crippen molar-refractivity contribution in [3.05, 3.63) is 30.1 Å². The van der Waals surface area contributed by atoms with Crippen molar-refractivity contribution in [1.29, 1.82) is 0 Å². The first-order valence-electron chi connectivity index (χ1n) is 8.54. The molecule has 0 aromatic carbocycles. The van der Waals surface area contributed by atoms with Crippen LogP contribution < -0.4 is 0 Å². The molecule has 21 heavy (non-hydrogen) atoms. The van der Waals surface area contributed by atoms with Crippen molar-refractivity contribution in [3.8, 4) is 0 Å². The molecular formula is C19H25NO. The molecule has 0 aliphatic heterocycles. The number of ketones is 1. The van der Waals surface area contributed by atoms with Crippen molar-refractivity contribution in [2.24, 2.45) is 23.2 Å². The Bertz CT molecular complexity index is 500. The van der Waals surface area contributed by atoms with Crippen LogP contribution in [0.4, 0.5) is 0 Å². The smallest absolute Gasteiger partial charge is 0.137 e. The molecule has 1 heterocycles. The highest BCUT2D eigenvalue weighted by Gasteiger charge is 2.51. The van der Waals surface area contributed by atoms with Crippen LogP contribution in [-0.4, -0.2) is 10.8 Å². The van der Waals surface area contributed by atoms with E-state index in [1.807, 2.05) is 24.5 Å². The van der Waals surface area contributed by atoms with Gasteiger partial charge in [0.15, 0.2) is 0 Å². The molecule has 0 saturated heterocycles. The number of nitrogens with zero attached hydrogens (tertiary/aromatic N) is 1. The zero-order valence-corrected chi connectivity index (χ0v) is 12.9. The molecule has 0 spiro atoms. The van der Waals surface area contributed by atoms with Gasteiger partial charge in [-0.1, -0.05) is 0 Å². The highest BCUT2D eigenvalue weighted by atomic mass is 16.1. The first kappa shape index (κ1) is 13.5. The average molecular weight is 283 g/mol. The lowest BCUT2D eigenvalue weighted by Gasteiger charge is -2.57. The van der Waals surface area contributed by atoms with Crippen LogP contribution in [0.3, 0.4) is 0 Å². The minimum Gasteiger partial charge on any atom is -0.299 e. The molecule has 0 N–H and O–H groups in total. The van der Waals surface area contributed by atoms with E-state index < -0.39 is 0 Å². The summed E-state index contributed by atoms with van der Waals surface area (Å²) in [7, 11) is 0. The molecule has 1 aromatic rings. The summed E-state index contributed by atoms with van der Waals surface area (Å²) < 4.78 is 0. The molecule has 112 valence electrons. The number of pyridine rings is 1. The molecule has 4 bridgehead atoms. The third-order valence-corrected chi connectivity index (χ3v) is 6.40. The first-order chi connectivity index (χ1) is 10.1.